The molecule has 2 aliphatic rings. The zero-order chi connectivity index (χ0) is 22.8. The molecule has 2 aromatic carbocycles. The van der Waals surface area contributed by atoms with Gasteiger partial charge >= 0.3 is 0 Å². The van der Waals surface area contributed by atoms with Crippen molar-refractivity contribution >= 4 is 28.9 Å². The summed E-state index contributed by atoms with van der Waals surface area (Å²) >= 11 is 6.03. The topological polar surface area (TPSA) is 93.9 Å². The minimum Gasteiger partial charge on any atom is -0.497 e. The third-order valence-electron chi connectivity index (χ3n) is 6.50. The number of carbonyl (C=O) groups excluding carboxylic acids is 1. The highest BCUT2D eigenvalue weighted by molar-refractivity contribution is 6.33. The molecule has 0 radical (unpaired) electrons. The van der Waals surface area contributed by atoms with Crippen molar-refractivity contribution in [2.75, 3.05) is 19.5 Å². The number of hydrogen-bond donors (Lipinski definition) is 1. The molecule has 2 atom stereocenters. The maximum atomic E-state index is 13.0. The van der Waals surface area contributed by atoms with E-state index in [2.05, 4.69) is 22.3 Å². The first-order valence-electron chi connectivity index (χ1n) is 10.6. The molecule has 2 aromatic rings. The second kappa shape index (κ2) is 9.34. The largest absolute Gasteiger partial charge is 0.497 e. The van der Waals surface area contributed by atoms with Crippen molar-refractivity contribution in [1.82, 2.24) is 4.90 Å². The summed E-state index contributed by atoms with van der Waals surface area (Å²) in [6.45, 7) is 0.861. The number of amides is 1. The van der Waals surface area contributed by atoms with Gasteiger partial charge in [-0.3, -0.25) is 19.8 Å². The van der Waals surface area contributed by atoms with Crippen LogP contribution < -0.4 is 14.8 Å². The Morgan fingerprint density at radius 3 is 2.38 bits per heavy atom. The molecule has 4 rings (SSSR count). The van der Waals surface area contributed by atoms with Crippen LogP contribution in [0.4, 0.5) is 11.4 Å². The van der Waals surface area contributed by atoms with Crippen molar-refractivity contribution in [2.24, 2.45) is 5.92 Å². The van der Waals surface area contributed by atoms with Crippen LogP contribution in [0.2, 0.25) is 5.02 Å². The Hall–Kier alpha value is -2.84. The maximum Gasteiger partial charge on any atom is 0.291 e. The molecule has 2 aliphatic heterocycles. The molecule has 0 aliphatic carbocycles. The number of benzene rings is 2. The molecule has 1 N–H and O–H groups in total. The SMILES string of the molecule is COc1ccc(CN2C3CCC2CC(C(=O)Nc2cc(Cl)c([N+](=O)[O-])cc2OC)C3)cc1. The Labute approximate surface area is 191 Å². The number of nitrogens with zero attached hydrogens (tertiary/aromatic N) is 2. The minimum atomic E-state index is -0.577. The summed E-state index contributed by atoms with van der Waals surface area (Å²) < 4.78 is 10.5. The van der Waals surface area contributed by atoms with E-state index in [1.807, 2.05) is 12.1 Å². The van der Waals surface area contributed by atoms with E-state index in [4.69, 9.17) is 21.1 Å². The van der Waals surface area contributed by atoms with Gasteiger partial charge in [0.05, 0.1) is 30.9 Å². The Morgan fingerprint density at radius 2 is 1.81 bits per heavy atom. The molecule has 2 fully saturated rings. The summed E-state index contributed by atoms with van der Waals surface area (Å²) in [7, 11) is 3.06. The van der Waals surface area contributed by atoms with Crippen molar-refractivity contribution in [3.05, 3.63) is 57.1 Å². The van der Waals surface area contributed by atoms with Gasteiger partial charge in [-0.2, -0.15) is 0 Å². The molecule has 9 heteroatoms. The third-order valence-corrected chi connectivity index (χ3v) is 6.81. The van der Waals surface area contributed by atoms with Gasteiger partial charge in [-0.25, -0.2) is 0 Å². The first-order chi connectivity index (χ1) is 15.4. The second-order valence-electron chi connectivity index (χ2n) is 8.32. The van der Waals surface area contributed by atoms with E-state index in [-0.39, 0.29) is 28.3 Å². The minimum absolute atomic E-state index is 0.0412. The fourth-order valence-corrected chi connectivity index (χ4v) is 5.10. The van der Waals surface area contributed by atoms with Gasteiger partial charge in [0.1, 0.15) is 16.5 Å². The monoisotopic (exact) mass is 459 g/mol. The average molecular weight is 460 g/mol. The summed E-state index contributed by atoms with van der Waals surface area (Å²) in [5.74, 6) is 0.829. The molecule has 32 heavy (non-hydrogen) atoms. The number of rotatable bonds is 7. The number of methoxy groups -OCH3 is 2. The molecule has 2 unspecified atom stereocenters. The number of ether oxygens (including phenoxy) is 2. The summed E-state index contributed by atoms with van der Waals surface area (Å²) in [5.41, 5.74) is 1.32. The molecule has 8 nitrogen and oxygen atoms in total. The molecule has 0 spiro atoms. The van der Waals surface area contributed by atoms with Crippen molar-refractivity contribution in [1.29, 1.82) is 0 Å². The predicted octanol–water partition coefficient (Wildman–Crippen LogP) is 4.65. The van der Waals surface area contributed by atoms with Crippen LogP contribution in [0.3, 0.4) is 0 Å². The van der Waals surface area contributed by atoms with Gasteiger partial charge in [-0.15, -0.1) is 0 Å². The summed E-state index contributed by atoms with van der Waals surface area (Å²) in [6.07, 6.45) is 3.72. The second-order valence-corrected chi connectivity index (χ2v) is 8.73. The molecule has 2 saturated heterocycles. The number of fused-ring (bicyclic) bond motifs is 2. The molecule has 170 valence electrons. The van der Waals surface area contributed by atoms with Crippen LogP contribution in [-0.2, 0) is 11.3 Å². The van der Waals surface area contributed by atoms with Crippen molar-refractivity contribution in [3.8, 4) is 11.5 Å². The quantitative estimate of drug-likeness (QED) is 0.478. The van der Waals surface area contributed by atoms with E-state index < -0.39 is 4.92 Å². The molecule has 2 heterocycles. The molecule has 2 bridgehead atoms. The number of piperidine rings is 1. The van der Waals surface area contributed by atoms with Crippen LogP contribution >= 0.6 is 11.6 Å². The lowest BCUT2D eigenvalue weighted by Gasteiger charge is -2.38. The van der Waals surface area contributed by atoms with Gasteiger partial charge in [0, 0.05) is 24.5 Å². The van der Waals surface area contributed by atoms with Crippen molar-refractivity contribution in [2.45, 2.75) is 44.3 Å². The first kappa shape index (κ1) is 22.4. The highest BCUT2D eigenvalue weighted by Crippen LogP contribution is 2.41. The lowest BCUT2D eigenvalue weighted by atomic mass is 9.89. The zero-order valence-electron chi connectivity index (χ0n) is 18.0. The predicted molar refractivity (Wildman–Crippen MR) is 121 cm³/mol. The van der Waals surface area contributed by atoms with Crippen LogP contribution in [-0.4, -0.2) is 42.0 Å². The number of nitro benzene ring substituents is 1. The fourth-order valence-electron chi connectivity index (χ4n) is 4.87. The van der Waals surface area contributed by atoms with Crippen molar-refractivity contribution in [3.63, 3.8) is 0 Å². The van der Waals surface area contributed by atoms with Crippen LogP contribution in [0.25, 0.3) is 0 Å². The Morgan fingerprint density at radius 1 is 1.16 bits per heavy atom. The van der Waals surface area contributed by atoms with Gasteiger partial charge in [-0.05, 0) is 49.4 Å². The lowest BCUT2D eigenvalue weighted by Crippen LogP contribution is -2.45. The summed E-state index contributed by atoms with van der Waals surface area (Å²) in [6, 6.07) is 11.4. The molecule has 0 saturated carbocycles. The summed E-state index contributed by atoms with van der Waals surface area (Å²) in [4.78, 5) is 26.1. The number of halogens is 1. The van der Waals surface area contributed by atoms with Crippen molar-refractivity contribution < 1.29 is 19.2 Å². The Balaban J connectivity index is 1.43. The van der Waals surface area contributed by atoms with Crippen LogP contribution in [0.15, 0.2) is 36.4 Å². The van der Waals surface area contributed by atoms with Crippen LogP contribution in [0.1, 0.15) is 31.2 Å². The number of hydrogen-bond acceptors (Lipinski definition) is 6. The Bertz CT molecular complexity index is 999. The highest BCUT2D eigenvalue weighted by Gasteiger charge is 2.42. The maximum absolute atomic E-state index is 13.0. The average Bonchev–Trinajstić information content (AvgIpc) is 3.00. The zero-order valence-corrected chi connectivity index (χ0v) is 18.8. The van der Waals surface area contributed by atoms with E-state index in [1.54, 1.807) is 7.11 Å². The smallest absolute Gasteiger partial charge is 0.291 e. The van der Waals surface area contributed by atoms with E-state index in [0.717, 1.165) is 38.0 Å². The number of nitrogens with one attached hydrogen (secondary N) is 1. The first-order valence-corrected chi connectivity index (χ1v) is 11.0. The number of nitro groups is 1. The van der Waals surface area contributed by atoms with Crippen LogP contribution in [0, 0.1) is 16.0 Å². The molecular weight excluding hydrogens is 434 g/mol. The number of carbonyl (C=O) groups is 1. The Kier molecular flexibility index (Phi) is 6.53. The van der Waals surface area contributed by atoms with E-state index >= 15 is 0 Å². The van der Waals surface area contributed by atoms with E-state index in [9.17, 15) is 14.9 Å². The fraction of sp³-hybridized carbons (Fsp3) is 0.435. The van der Waals surface area contributed by atoms with E-state index in [1.165, 1.54) is 24.8 Å². The van der Waals surface area contributed by atoms with Gasteiger partial charge in [0.25, 0.3) is 5.69 Å². The molecular formula is C23H26ClN3O5. The molecule has 0 aromatic heterocycles. The molecule has 1 amide bonds. The number of anilines is 1. The van der Waals surface area contributed by atoms with Gasteiger partial charge in [0.15, 0.2) is 0 Å². The standard InChI is InChI=1S/C23H26ClN3O5/c1-31-18-7-3-14(4-8-18)13-26-16-5-6-17(26)10-15(9-16)23(28)25-20-11-19(24)21(27(29)30)12-22(20)32-2/h3-4,7-8,11-12,15-17H,5-6,9-10,13H2,1-2H3,(H,25,28). The van der Waals surface area contributed by atoms with Gasteiger partial charge in [0.2, 0.25) is 5.91 Å². The van der Waals surface area contributed by atoms with Gasteiger partial charge in [-0.1, -0.05) is 23.7 Å². The van der Waals surface area contributed by atoms with E-state index in [0.29, 0.717) is 17.8 Å². The van der Waals surface area contributed by atoms with Gasteiger partial charge < -0.3 is 14.8 Å². The third kappa shape index (κ3) is 4.52. The highest BCUT2D eigenvalue weighted by atomic mass is 35.5. The normalized spacial score (nSPS) is 22.4. The summed E-state index contributed by atoms with van der Waals surface area (Å²) in [5, 5.41) is 14.0. The van der Waals surface area contributed by atoms with Crippen LogP contribution in [0.5, 0.6) is 11.5 Å². The lowest BCUT2D eigenvalue weighted by molar-refractivity contribution is -0.384.